The van der Waals surface area contributed by atoms with Crippen LogP contribution >= 0.6 is 0 Å². The molecular formula is C11H20N2. The summed E-state index contributed by atoms with van der Waals surface area (Å²) in [5, 5.41) is 0. The first-order valence-electron chi connectivity index (χ1n) is 5.52. The maximum absolute atomic E-state index is 6.19. The molecule has 0 aromatic heterocycles. The van der Waals surface area contributed by atoms with Crippen molar-refractivity contribution in [3.63, 3.8) is 0 Å². The average Bonchev–Trinajstić information content (AvgIpc) is 2.56. The Morgan fingerprint density at radius 3 is 2.46 bits per heavy atom. The van der Waals surface area contributed by atoms with E-state index in [1.165, 1.54) is 32.1 Å². The van der Waals surface area contributed by atoms with Crippen LogP contribution in [0.1, 0.15) is 32.1 Å². The summed E-state index contributed by atoms with van der Waals surface area (Å²) in [6.45, 7) is 2.25. The smallest absolute Gasteiger partial charge is 0.0253 e. The third kappa shape index (κ3) is 2.12. The van der Waals surface area contributed by atoms with E-state index < -0.39 is 0 Å². The monoisotopic (exact) mass is 180 g/mol. The Kier molecular flexibility index (Phi) is 3.01. The van der Waals surface area contributed by atoms with E-state index in [4.69, 9.17) is 5.73 Å². The first-order chi connectivity index (χ1) is 6.38. The van der Waals surface area contributed by atoms with Gasteiger partial charge in [0, 0.05) is 25.2 Å². The van der Waals surface area contributed by atoms with Crippen LogP contribution in [0.4, 0.5) is 0 Å². The highest BCUT2D eigenvalue weighted by molar-refractivity contribution is 4.99. The molecule has 2 nitrogen and oxygen atoms in total. The Balaban J connectivity index is 1.94. The van der Waals surface area contributed by atoms with Gasteiger partial charge < -0.3 is 5.73 Å². The van der Waals surface area contributed by atoms with Gasteiger partial charge in [0.2, 0.25) is 0 Å². The number of hydrogen-bond donors (Lipinski definition) is 1. The fourth-order valence-corrected chi connectivity index (χ4v) is 2.54. The Morgan fingerprint density at radius 2 is 1.69 bits per heavy atom. The molecule has 0 saturated heterocycles. The Labute approximate surface area is 80.8 Å². The van der Waals surface area contributed by atoms with Crippen molar-refractivity contribution in [2.45, 2.75) is 44.2 Å². The van der Waals surface area contributed by atoms with Crippen molar-refractivity contribution >= 4 is 0 Å². The molecule has 0 bridgehead atoms. The molecule has 0 aromatic carbocycles. The highest BCUT2D eigenvalue weighted by Crippen LogP contribution is 2.22. The Morgan fingerprint density at radius 1 is 1.00 bits per heavy atom. The summed E-state index contributed by atoms with van der Waals surface area (Å²) in [7, 11) is 0. The highest BCUT2D eigenvalue weighted by atomic mass is 15.2. The number of nitrogens with two attached hydrogens (primary N) is 1. The van der Waals surface area contributed by atoms with Gasteiger partial charge in [-0.2, -0.15) is 0 Å². The fourth-order valence-electron chi connectivity index (χ4n) is 2.54. The number of rotatable bonds is 1. The van der Waals surface area contributed by atoms with Crippen molar-refractivity contribution in [3.05, 3.63) is 12.2 Å². The maximum atomic E-state index is 6.19. The van der Waals surface area contributed by atoms with Crippen LogP contribution in [0.5, 0.6) is 0 Å². The van der Waals surface area contributed by atoms with Crippen LogP contribution in [0.25, 0.3) is 0 Å². The van der Waals surface area contributed by atoms with Gasteiger partial charge >= 0.3 is 0 Å². The SMILES string of the molecule is NC1CCCCCC1N1CC=CC1. The van der Waals surface area contributed by atoms with Gasteiger partial charge in [-0.05, 0) is 12.8 Å². The molecule has 13 heavy (non-hydrogen) atoms. The van der Waals surface area contributed by atoms with Crippen LogP contribution in [-0.4, -0.2) is 30.1 Å². The van der Waals surface area contributed by atoms with Crippen LogP contribution in [-0.2, 0) is 0 Å². The predicted molar refractivity (Wildman–Crippen MR) is 55.6 cm³/mol. The molecule has 2 atom stereocenters. The minimum atomic E-state index is 0.419. The van der Waals surface area contributed by atoms with Gasteiger partial charge in [-0.1, -0.05) is 31.4 Å². The molecule has 2 rings (SSSR count). The molecule has 2 N–H and O–H groups in total. The van der Waals surface area contributed by atoms with Crippen LogP contribution in [0, 0.1) is 0 Å². The van der Waals surface area contributed by atoms with Gasteiger partial charge in [-0.15, -0.1) is 0 Å². The minimum absolute atomic E-state index is 0.419. The van der Waals surface area contributed by atoms with E-state index in [-0.39, 0.29) is 0 Å². The Hall–Kier alpha value is -0.340. The largest absolute Gasteiger partial charge is 0.326 e. The van der Waals surface area contributed by atoms with E-state index in [1.807, 2.05) is 0 Å². The number of nitrogens with zero attached hydrogens (tertiary/aromatic N) is 1. The van der Waals surface area contributed by atoms with Crippen molar-refractivity contribution in [2.75, 3.05) is 13.1 Å². The summed E-state index contributed by atoms with van der Waals surface area (Å²) in [5.74, 6) is 0. The van der Waals surface area contributed by atoms with E-state index in [2.05, 4.69) is 17.1 Å². The van der Waals surface area contributed by atoms with Gasteiger partial charge in [0.15, 0.2) is 0 Å². The van der Waals surface area contributed by atoms with Gasteiger partial charge in [0.25, 0.3) is 0 Å². The van der Waals surface area contributed by atoms with Crippen molar-refractivity contribution in [3.8, 4) is 0 Å². The summed E-state index contributed by atoms with van der Waals surface area (Å²) in [6.07, 6.45) is 11.1. The molecule has 1 aliphatic carbocycles. The maximum Gasteiger partial charge on any atom is 0.0253 e. The lowest BCUT2D eigenvalue weighted by Gasteiger charge is -2.30. The van der Waals surface area contributed by atoms with Crippen LogP contribution in [0.15, 0.2) is 12.2 Å². The third-order valence-electron chi connectivity index (χ3n) is 3.35. The lowest BCUT2D eigenvalue weighted by Crippen LogP contribution is -2.46. The lowest BCUT2D eigenvalue weighted by molar-refractivity contribution is 0.208. The Bertz CT molecular complexity index is 181. The summed E-state index contributed by atoms with van der Waals surface area (Å²) < 4.78 is 0. The summed E-state index contributed by atoms with van der Waals surface area (Å²) in [4.78, 5) is 2.52. The number of hydrogen-bond acceptors (Lipinski definition) is 2. The normalized spacial score (nSPS) is 36.4. The topological polar surface area (TPSA) is 29.3 Å². The molecule has 2 aliphatic rings. The van der Waals surface area contributed by atoms with E-state index in [1.54, 1.807) is 0 Å². The first-order valence-corrected chi connectivity index (χ1v) is 5.52. The van der Waals surface area contributed by atoms with E-state index in [0.29, 0.717) is 12.1 Å². The predicted octanol–water partition coefficient (Wildman–Crippen LogP) is 1.52. The van der Waals surface area contributed by atoms with Crippen molar-refractivity contribution < 1.29 is 0 Å². The molecule has 1 saturated carbocycles. The second-order valence-corrected chi connectivity index (χ2v) is 4.29. The van der Waals surface area contributed by atoms with Crippen LogP contribution < -0.4 is 5.73 Å². The van der Waals surface area contributed by atoms with E-state index in [9.17, 15) is 0 Å². The quantitative estimate of drug-likeness (QED) is 0.489. The molecule has 1 fully saturated rings. The van der Waals surface area contributed by atoms with Crippen LogP contribution in [0.3, 0.4) is 0 Å². The molecule has 2 unspecified atom stereocenters. The first kappa shape index (κ1) is 9.22. The summed E-state index contributed by atoms with van der Waals surface area (Å²) in [6, 6.07) is 1.07. The zero-order valence-corrected chi connectivity index (χ0v) is 8.28. The zero-order chi connectivity index (χ0) is 9.10. The molecule has 0 spiro atoms. The fraction of sp³-hybridized carbons (Fsp3) is 0.818. The third-order valence-corrected chi connectivity index (χ3v) is 3.35. The average molecular weight is 180 g/mol. The lowest BCUT2D eigenvalue weighted by atomic mass is 10.0. The summed E-state index contributed by atoms with van der Waals surface area (Å²) in [5.41, 5.74) is 6.19. The molecule has 0 aromatic rings. The van der Waals surface area contributed by atoms with E-state index in [0.717, 1.165) is 13.1 Å². The molecule has 2 heteroatoms. The van der Waals surface area contributed by atoms with Gasteiger partial charge in [0.05, 0.1) is 0 Å². The molecule has 0 radical (unpaired) electrons. The molecule has 1 heterocycles. The standard InChI is InChI=1S/C11H20N2/c12-10-6-2-1-3-7-11(10)13-8-4-5-9-13/h4-5,10-11H,1-3,6-9,12H2. The van der Waals surface area contributed by atoms with Crippen molar-refractivity contribution in [2.24, 2.45) is 5.73 Å². The van der Waals surface area contributed by atoms with Gasteiger partial charge in [0.1, 0.15) is 0 Å². The highest BCUT2D eigenvalue weighted by Gasteiger charge is 2.26. The van der Waals surface area contributed by atoms with E-state index >= 15 is 0 Å². The van der Waals surface area contributed by atoms with Crippen molar-refractivity contribution in [1.29, 1.82) is 0 Å². The minimum Gasteiger partial charge on any atom is -0.326 e. The van der Waals surface area contributed by atoms with Crippen LogP contribution in [0.2, 0.25) is 0 Å². The zero-order valence-electron chi connectivity index (χ0n) is 8.28. The second-order valence-electron chi connectivity index (χ2n) is 4.29. The molecule has 0 amide bonds. The van der Waals surface area contributed by atoms with Gasteiger partial charge in [-0.3, -0.25) is 4.90 Å². The van der Waals surface area contributed by atoms with Crippen molar-refractivity contribution in [1.82, 2.24) is 4.90 Å². The summed E-state index contributed by atoms with van der Waals surface area (Å²) >= 11 is 0. The van der Waals surface area contributed by atoms with Gasteiger partial charge in [-0.25, -0.2) is 0 Å². The molecular weight excluding hydrogens is 160 g/mol. The second kappa shape index (κ2) is 4.25. The molecule has 1 aliphatic heterocycles. The molecule has 74 valence electrons.